The molecular formula is C24H31N3O6. The monoisotopic (exact) mass is 457 g/mol. The molecule has 1 aromatic rings. The molecule has 178 valence electrons. The van der Waals surface area contributed by atoms with Gasteiger partial charge in [-0.25, -0.2) is 4.79 Å². The number of nitrogens with zero attached hydrogens (tertiary/aromatic N) is 2. The molecule has 0 aromatic carbocycles. The Bertz CT molecular complexity index is 894. The fourth-order valence-electron chi connectivity index (χ4n) is 3.28. The number of carbonyl (C=O) groups is 5. The molecule has 0 radical (unpaired) electrons. The van der Waals surface area contributed by atoms with Crippen molar-refractivity contribution in [3.8, 4) is 0 Å². The molecule has 1 atom stereocenters. The summed E-state index contributed by atoms with van der Waals surface area (Å²) in [5.74, 6) is -2.07. The number of amides is 3. The van der Waals surface area contributed by atoms with E-state index in [4.69, 9.17) is 4.74 Å². The minimum atomic E-state index is -0.710. The van der Waals surface area contributed by atoms with E-state index in [0.29, 0.717) is 38.8 Å². The molecule has 3 amide bonds. The third-order valence-corrected chi connectivity index (χ3v) is 5.69. The number of aromatic nitrogens is 1. The number of aryl methyl sites for hydroxylation is 1. The van der Waals surface area contributed by atoms with E-state index >= 15 is 0 Å². The van der Waals surface area contributed by atoms with E-state index in [1.807, 2.05) is 24.4 Å². The summed E-state index contributed by atoms with van der Waals surface area (Å²) in [6.07, 6.45) is 9.21. The van der Waals surface area contributed by atoms with Crippen LogP contribution in [-0.2, 0) is 35.1 Å². The molecule has 2 aliphatic rings. The normalized spacial score (nSPS) is 17.3. The second-order valence-electron chi connectivity index (χ2n) is 8.54. The highest BCUT2D eigenvalue weighted by Gasteiger charge is 2.41. The number of hydrogen-bond acceptors (Lipinski definition) is 7. The molecule has 1 fully saturated rings. The SMILES string of the molecule is CCC(C)(C)C(=O)C(=O)N1CCCC1C(=O)OCCCc1cccnc1.O=C1C=CC(=O)N1. The summed E-state index contributed by atoms with van der Waals surface area (Å²) >= 11 is 0. The number of nitrogens with one attached hydrogen (secondary N) is 1. The van der Waals surface area contributed by atoms with E-state index in [9.17, 15) is 24.0 Å². The minimum absolute atomic E-state index is 0.292. The first kappa shape index (κ1) is 25.9. The Morgan fingerprint density at radius 3 is 2.45 bits per heavy atom. The molecule has 0 bridgehead atoms. The van der Waals surface area contributed by atoms with Crippen LogP contribution in [0.5, 0.6) is 0 Å². The molecule has 33 heavy (non-hydrogen) atoms. The summed E-state index contributed by atoms with van der Waals surface area (Å²) in [5.41, 5.74) is 0.381. The Balaban J connectivity index is 0.000000468. The highest BCUT2D eigenvalue weighted by Crippen LogP contribution is 2.26. The van der Waals surface area contributed by atoms with Gasteiger partial charge in [0.15, 0.2) is 0 Å². The molecule has 1 aromatic heterocycles. The van der Waals surface area contributed by atoms with Crippen LogP contribution in [0.1, 0.15) is 52.0 Å². The quantitative estimate of drug-likeness (QED) is 0.273. The van der Waals surface area contributed by atoms with Gasteiger partial charge in [-0.15, -0.1) is 0 Å². The van der Waals surface area contributed by atoms with Crippen molar-refractivity contribution < 1.29 is 28.7 Å². The van der Waals surface area contributed by atoms with Crippen LogP contribution in [0.25, 0.3) is 0 Å². The van der Waals surface area contributed by atoms with Gasteiger partial charge in [0.25, 0.3) is 17.7 Å². The van der Waals surface area contributed by atoms with Crippen molar-refractivity contribution >= 4 is 29.5 Å². The number of esters is 1. The van der Waals surface area contributed by atoms with Crippen molar-refractivity contribution in [2.45, 2.75) is 58.9 Å². The number of likely N-dealkylation sites (tertiary alicyclic amines) is 1. The summed E-state index contributed by atoms with van der Waals surface area (Å²) < 4.78 is 5.36. The molecule has 3 rings (SSSR count). The Labute approximate surface area is 193 Å². The third-order valence-electron chi connectivity index (χ3n) is 5.69. The van der Waals surface area contributed by atoms with Crippen molar-refractivity contribution in [1.29, 1.82) is 0 Å². The van der Waals surface area contributed by atoms with E-state index in [1.54, 1.807) is 26.2 Å². The van der Waals surface area contributed by atoms with Crippen LogP contribution in [-0.4, -0.2) is 58.6 Å². The first-order chi connectivity index (χ1) is 15.7. The Morgan fingerprint density at radius 2 is 1.91 bits per heavy atom. The first-order valence-electron chi connectivity index (χ1n) is 11.1. The number of carbonyl (C=O) groups excluding carboxylic acids is 5. The van der Waals surface area contributed by atoms with Crippen LogP contribution in [0.15, 0.2) is 36.7 Å². The maximum Gasteiger partial charge on any atom is 0.328 e. The number of rotatable bonds is 8. The van der Waals surface area contributed by atoms with E-state index < -0.39 is 29.1 Å². The van der Waals surface area contributed by atoms with E-state index in [2.05, 4.69) is 4.98 Å². The van der Waals surface area contributed by atoms with Crippen LogP contribution in [0.4, 0.5) is 0 Å². The van der Waals surface area contributed by atoms with E-state index in [1.165, 1.54) is 17.1 Å². The van der Waals surface area contributed by atoms with Gasteiger partial charge in [-0.3, -0.25) is 29.5 Å². The number of ether oxygens (including phenoxy) is 1. The smallest absolute Gasteiger partial charge is 0.328 e. The maximum absolute atomic E-state index is 12.5. The zero-order valence-corrected chi connectivity index (χ0v) is 19.3. The zero-order chi connectivity index (χ0) is 24.4. The number of pyridine rings is 1. The average Bonchev–Trinajstić information content (AvgIpc) is 3.45. The summed E-state index contributed by atoms with van der Waals surface area (Å²) in [6, 6.07) is 3.21. The van der Waals surface area contributed by atoms with Crippen molar-refractivity contribution in [2.75, 3.05) is 13.2 Å². The van der Waals surface area contributed by atoms with Gasteiger partial charge in [0.05, 0.1) is 6.61 Å². The average molecular weight is 458 g/mol. The van der Waals surface area contributed by atoms with Crippen molar-refractivity contribution in [2.24, 2.45) is 5.41 Å². The molecule has 9 heteroatoms. The van der Waals surface area contributed by atoms with Gasteiger partial charge < -0.3 is 9.64 Å². The Kier molecular flexibility index (Phi) is 9.44. The molecule has 0 aliphatic carbocycles. The lowest BCUT2D eigenvalue weighted by atomic mass is 9.84. The summed E-state index contributed by atoms with van der Waals surface area (Å²) in [5, 5.41) is 2.03. The number of Topliss-reactive ketones (excluding diaryl/α,β-unsaturated/α-hetero) is 1. The molecule has 1 N–H and O–H groups in total. The standard InChI is InChI=1S/C20H28N2O4.C4H3NO2/c1-4-20(2,3)17(23)18(24)22-12-6-10-16(22)19(25)26-13-7-9-15-8-5-11-21-14-15;6-3-1-2-4(7)5-3/h5,8,11,14,16H,4,6-7,9-10,12-13H2,1-3H3;1-2H,(H,5,6,7). The fraction of sp³-hybridized carbons (Fsp3) is 0.500. The highest BCUT2D eigenvalue weighted by molar-refractivity contribution is 6.38. The lowest BCUT2D eigenvalue weighted by Gasteiger charge is -2.27. The van der Waals surface area contributed by atoms with Crippen LogP contribution >= 0.6 is 0 Å². The number of imide groups is 1. The van der Waals surface area contributed by atoms with Gasteiger partial charge in [-0.2, -0.15) is 0 Å². The number of ketones is 1. The van der Waals surface area contributed by atoms with Crippen molar-refractivity contribution in [1.82, 2.24) is 15.2 Å². The molecule has 2 aliphatic heterocycles. The third kappa shape index (κ3) is 7.62. The van der Waals surface area contributed by atoms with E-state index in [0.717, 1.165) is 12.0 Å². The van der Waals surface area contributed by atoms with Crippen LogP contribution in [0.3, 0.4) is 0 Å². The van der Waals surface area contributed by atoms with Crippen LogP contribution in [0, 0.1) is 5.41 Å². The second kappa shape index (κ2) is 12.0. The summed E-state index contributed by atoms with van der Waals surface area (Å²) in [7, 11) is 0. The van der Waals surface area contributed by atoms with Crippen LogP contribution in [0.2, 0.25) is 0 Å². The van der Waals surface area contributed by atoms with Gasteiger partial charge >= 0.3 is 5.97 Å². The lowest BCUT2D eigenvalue weighted by molar-refractivity contribution is -0.157. The molecular weight excluding hydrogens is 426 g/mol. The fourth-order valence-corrected chi connectivity index (χ4v) is 3.28. The van der Waals surface area contributed by atoms with Gasteiger partial charge in [0.1, 0.15) is 6.04 Å². The summed E-state index contributed by atoms with van der Waals surface area (Å²) in [4.78, 5) is 62.8. The topological polar surface area (TPSA) is 123 Å². The Hall–Kier alpha value is -3.36. The second-order valence-corrected chi connectivity index (χ2v) is 8.54. The summed E-state index contributed by atoms with van der Waals surface area (Å²) in [6.45, 7) is 6.12. The van der Waals surface area contributed by atoms with E-state index in [-0.39, 0.29) is 11.8 Å². The first-order valence-corrected chi connectivity index (χ1v) is 11.1. The largest absolute Gasteiger partial charge is 0.464 e. The molecule has 0 spiro atoms. The molecule has 1 unspecified atom stereocenters. The molecule has 9 nitrogen and oxygen atoms in total. The predicted octanol–water partition coefficient (Wildman–Crippen LogP) is 1.75. The Morgan fingerprint density at radius 1 is 1.21 bits per heavy atom. The van der Waals surface area contributed by atoms with Gasteiger partial charge in [0.2, 0.25) is 5.78 Å². The van der Waals surface area contributed by atoms with Gasteiger partial charge in [0, 0.05) is 36.5 Å². The molecule has 3 heterocycles. The highest BCUT2D eigenvalue weighted by atomic mass is 16.5. The number of hydrogen-bond donors (Lipinski definition) is 1. The lowest BCUT2D eigenvalue weighted by Crippen LogP contribution is -2.48. The maximum atomic E-state index is 12.5. The minimum Gasteiger partial charge on any atom is -0.464 e. The van der Waals surface area contributed by atoms with Crippen LogP contribution < -0.4 is 5.32 Å². The molecule has 1 saturated heterocycles. The van der Waals surface area contributed by atoms with Crippen molar-refractivity contribution in [3.05, 3.63) is 42.2 Å². The predicted molar refractivity (Wildman–Crippen MR) is 120 cm³/mol. The molecule has 0 saturated carbocycles. The van der Waals surface area contributed by atoms with Gasteiger partial charge in [-0.05, 0) is 43.7 Å². The van der Waals surface area contributed by atoms with Crippen molar-refractivity contribution in [3.63, 3.8) is 0 Å². The van der Waals surface area contributed by atoms with Gasteiger partial charge in [-0.1, -0.05) is 26.8 Å². The zero-order valence-electron chi connectivity index (χ0n) is 19.3.